The lowest BCUT2D eigenvalue weighted by Crippen LogP contribution is -2.50. The topological polar surface area (TPSA) is 52.6 Å². The van der Waals surface area contributed by atoms with E-state index in [0.717, 1.165) is 32.2 Å². The number of nitrogens with one attached hydrogen (secondary N) is 1. The van der Waals surface area contributed by atoms with Crippen molar-refractivity contribution in [2.24, 2.45) is 0 Å². The van der Waals surface area contributed by atoms with Crippen molar-refractivity contribution in [1.29, 1.82) is 0 Å². The molecule has 122 valence electrons. The first kappa shape index (κ1) is 16.8. The molecular formula is C18H28N2O2. The highest BCUT2D eigenvalue weighted by Gasteiger charge is 2.30. The summed E-state index contributed by atoms with van der Waals surface area (Å²) >= 11 is 0. The maximum Gasteiger partial charge on any atom is 0.407 e. The molecule has 1 heterocycles. The van der Waals surface area contributed by atoms with Crippen LogP contribution in [0, 0.1) is 0 Å². The van der Waals surface area contributed by atoms with E-state index in [1.165, 1.54) is 18.4 Å². The van der Waals surface area contributed by atoms with Gasteiger partial charge in [-0.1, -0.05) is 56.5 Å². The fourth-order valence-corrected chi connectivity index (χ4v) is 3.25. The molecule has 2 rings (SSSR count). The van der Waals surface area contributed by atoms with Crippen LogP contribution in [0.3, 0.4) is 0 Å². The van der Waals surface area contributed by atoms with Gasteiger partial charge in [-0.15, -0.1) is 0 Å². The number of unbranched alkanes of at least 4 members (excludes halogenated alkanes) is 2. The van der Waals surface area contributed by atoms with Crippen LogP contribution in [-0.4, -0.2) is 34.7 Å². The Morgan fingerprint density at radius 1 is 1.32 bits per heavy atom. The quantitative estimate of drug-likeness (QED) is 0.752. The highest BCUT2D eigenvalue weighted by molar-refractivity contribution is 5.65. The van der Waals surface area contributed by atoms with E-state index in [1.807, 2.05) is 6.07 Å². The standard InChI is InChI=1S/C18H28N2O2/c1-2-3-5-10-17-13-16(11-12-20(17)18(21)22)19-14-15-8-6-4-7-9-15/h4,6-9,16-17,19H,2-3,5,10-14H2,1H3,(H,21,22). The Morgan fingerprint density at radius 3 is 2.77 bits per heavy atom. The molecule has 1 saturated heterocycles. The first-order chi connectivity index (χ1) is 10.7. The number of nitrogens with zero attached hydrogens (tertiary/aromatic N) is 1. The zero-order valence-electron chi connectivity index (χ0n) is 13.5. The van der Waals surface area contributed by atoms with Gasteiger partial charge < -0.3 is 15.3 Å². The Kier molecular flexibility index (Phi) is 6.72. The van der Waals surface area contributed by atoms with Gasteiger partial charge in [0.1, 0.15) is 0 Å². The molecule has 1 aromatic rings. The molecule has 1 aliphatic heterocycles. The minimum absolute atomic E-state index is 0.172. The van der Waals surface area contributed by atoms with Gasteiger partial charge in [-0.05, 0) is 24.8 Å². The lowest BCUT2D eigenvalue weighted by atomic mass is 9.93. The third kappa shape index (κ3) is 5.02. The van der Waals surface area contributed by atoms with Crippen molar-refractivity contribution in [3.05, 3.63) is 35.9 Å². The van der Waals surface area contributed by atoms with Gasteiger partial charge in [-0.25, -0.2) is 4.79 Å². The summed E-state index contributed by atoms with van der Waals surface area (Å²) in [6.45, 7) is 3.69. The number of piperidine rings is 1. The highest BCUT2D eigenvalue weighted by atomic mass is 16.4. The van der Waals surface area contributed by atoms with Gasteiger partial charge in [0, 0.05) is 25.2 Å². The minimum Gasteiger partial charge on any atom is -0.465 e. The smallest absolute Gasteiger partial charge is 0.407 e. The number of rotatable bonds is 7. The van der Waals surface area contributed by atoms with Crippen molar-refractivity contribution in [2.75, 3.05) is 6.54 Å². The zero-order chi connectivity index (χ0) is 15.8. The summed E-state index contributed by atoms with van der Waals surface area (Å²) in [6, 6.07) is 11.0. The molecule has 2 atom stereocenters. The van der Waals surface area contributed by atoms with Crippen molar-refractivity contribution in [3.63, 3.8) is 0 Å². The number of benzene rings is 1. The van der Waals surface area contributed by atoms with Crippen LogP contribution in [0.2, 0.25) is 0 Å². The molecule has 0 aliphatic carbocycles. The zero-order valence-corrected chi connectivity index (χ0v) is 13.5. The van der Waals surface area contributed by atoms with Gasteiger partial charge in [0.25, 0.3) is 0 Å². The molecule has 0 saturated carbocycles. The van der Waals surface area contributed by atoms with Gasteiger partial charge in [-0.2, -0.15) is 0 Å². The van der Waals surface area contributed by atoms with E-state index in [2.05, 4.69) is 36.5 Å². The third-order valence-corrected chi connectivity index (χ3v) is 4.54. The Morgan fingerprint density at radius 2 is 2.09 bits per heavy atom. The summed E-state index contributed by atoms with van der Waals surface area (Å²) in [7, 11) is 0. The Hall–Kier alpha value is -1.55. The fraction of sp³-hybridized carbons (Fsp3) is 0.611. The Balaban J connectivity index is 1.85. The van der Waals surface area contributed by atoms with Crippen molar-refractivity contribution in [3.8, 4) is 0 Å². The van der Waals surface area contributed by atoms with Gasteiger partial charge in [0.15, 0.2) is 0 Å². The predicted molar refractivity (Wildman–Crippen MR) is 89.0 cm³/mol. The average molecular weight is 304 g/mol. The van der Waals surface area contributed by atoms with Crippen LogP contribution in [-0.2, 0) is 6.54 Å². The summed E-state index contributed by atoms with van der Waals surface area (Å²) < 4.78 is 0. The molecule has 1 amide bonds. The number of likely N-dealkylation sites (tertiary alicyclic amines) is 1. The van der Waals surface area contributed by atoms with Crippen molar-refractivity contribution >= 4 is 6.09 Å². The summed E-state index contributed by atoms with van der Waals surface area (Å²) in [5.74, 6) is 0. The molecule has 1 aromatic carbocycles. The molecule has 0 spiro atoms. The van der Waals surface area contributed by atoms with Crippen LogP contribution < -0.4 is 5.32 Å². The number of carboxylic acid groups (broad SMARTS) is 1. The molecule has 22 heavy (non-hydrogen) atoms. The fourth-order valence-electron chi connectivity index (χ4n) is 3.25. The maximum absolute atomic E-state index is 11.4. The first-order valence-corrected chi connectivity index (χ1v) is 8.47. The van der Waals surface area contributed by atoms with E-state index in [9.17, 15) is 9.90 Å². The summed E-state index contributed by atoms with van der Waals surface area (Å²) in [4.78, 5) is 13.0. The van der Waals surface area contributed by atoms with Gasteiger partial charge >= 0.3 is 6.09 Å². The van der Waals surface area contributed by atoms with Gasteiger partial charge in [-0.3, -0.25) is 0 Å². The third-order valence-electron chi connectivity index (χ3n) is 4.54. The Bertz CT molecular complexity index is 450. The van der Waals surface area contributed by atoms with Crippen molar-refractivity contribution in [2.45, 2.75) is 64.1 Å². The maximum atomic E-state index is 11.4. The lowest BCUT2D eigenvalue weighted by Gasteiger charge is -2.38. The van der Waals surface area contributed by atoms with Crippen LogP contribution >= 0.6 is 0 Å². The molecule has 4 nitrogen and oxygen atoms in total. The minimum atomic E-state index is -0.761. The molecule has 1 aliphatic rings. The van der Waals surface area contributed by atoms with Crippen LogP contribution in [0.4, 0.5) is 4.79 Å². The normalized spacial score (nSPS) is 21.8. The molecule has 0 radical (unpaired) electrons. The van der Waals surface area contributed by atoms with E-state index < -0.39 is 6.09 Å². The second-order valence-corrected chi connectivity index (χ2v) is 6.21. The number of hydrogen-bond donors (Lipinski definition) is 2. The summed E-state index contributed by atoms with van der Waals surface area (Å²) in [6.07, 6.45) is 5.55. The molecule has 1 fully saturated rings. The average Bonchev–Trinajstić information content (AvgIpc) is 2.54. The van der Waals surface area contributed by atoms with Crippen molar-refractivity contribution < 1.29 is 9.90 Å². The van der Waals surface area contributed by atoms with Gasteiger partial charge in [0.05, 0.1) is 0 Å². The lowest BCUT2D eigenvalue weighted by molar-refractivity contribution is 0.0918. The predicted octanol–water partition coefficient (Wildman–Crippen LogP) is 3.87. The van der Waals surface area contributed by atoms with Crippen LogP contribution in [0.25, 0.3) is 0 Å². The van der Waals surface area contributed by atoms with E-state index in [-0.39, 0.29) is 6.04 Å². The molecule has 2 N–H and O–H groups in total. The van der Waals surface area contributed by atoms with Crippen molar-refractivity contribution in [1.82, 2.24) is 10.2 Å². The molecule has 0 aromatic heterocycles. The molecule has 2 unspecified atom stereocenters. The van der Waals surface area contributed by atoms with Gasteiger partial charge in [0.2, 0.25) is 0 Å². The highest BCUT2D eigenvalue weighted by Crippen LogP contribution is 2.23. The molecule has 0 bridgehead atoms. The number of hydrogen-bond acceptors (Lipinski definition) is 2. The van der Waals surface area contributed by atoms with Crippen LogP contribution in [0.15, 0.2) is 30.3 Å². The van der Waals surface area contributed by atoms with Crippen LogP contribution in [0.1, 0.15) is 51.0 Å². The SMILES string of the molecule is CCCCCC1CC(NCc2ccccc2)CCN1C(=O)O. The van der Waals surface area contributed by atoms with Crippen LogP contribution in [0.5, 0.6) is 0 Å². The summed E-state index contributed by atoms with van der Waals surface area (Å²) in [5.41, 5.74) is 1.28. The Labute approximate surface area is 133 Å². The second kappa shape index (κ2) is 8.79. The second-order valence-electron chi connectivity index (χ2n) is 6.21. The number of amides is 1. The summed E-state index contributed by atoms with van der Waals surface area (Å²) in [5, 5.41) is 13.0. The monoisotopic (exact) mass is 304 g/mol. The van der Waals surface area contributed by atoms with E-state index >= 15 is 0 Å². The van der Waals surface area contributed by atoms with E-state index in [0.29, 0.717) is 12.6 Å². The molecule has 4 heteroatoms. The van der Waals surface area contributed by atoms with E-state index in [1.54, 1.807) is 4.90 Å². The first-order valence-electron chi connectivity index (χ1n) is 8.47. The van der Waals surface area contributed by atoms with E-state index in [4.69, 9.17) is 0 Å². The molecular weight excluding hydrogens is 276 g/mol. The number of carbonyl (C=O) groups is 1. The largest absolute Gasteiger partial charge is 0.465 e.